The van der Waals surface area contributed by atoms with Crippen molar-refractivity contribution in [3.8, 4) is 11.5 Å². The Morgan fingerprint density at radius 1 is 1.14 bits per heavy atom. The van der Waals surface area contributed by atoms with Crippen molar-refractivity contribution in [3.63, 3.8) is 0 Å². The Kier molecular flexibility index (Phi) is 3.84. The van der Waals surface area contributed by atoms with Gasteiger partial charge in [-0.15, -0.1) is 0 Å². The molecule has 2 N–H and O–H groups in total. The highest BCUT2D eigenvalue weighted by Gasteiger charge is 2.18. The van der Waals surface area contributed by atoms with E-state index in [4.69, 9.17) is 15.2 Å². The van der Waals surface area contributed by atoms with Crippen LogP contribution >= 0.6 is 0 Å². The molecule has 1 heterocycles. The molecule has 1 unspecified atom stereocenters. The van der Waals surface area contributed by atoms with E-state index in [1.165, 1.54) is 5.56 Å². The number of hydrogen-bond acceptors (Lipinski definition) is 3. The molecule has 0 fully saturated rings. The van der Waals surface area contributed by atoms with E-state index in [-0.39, 0.29) is 12.1 Å². The van der Waals surface area contributed by atoms with E-state index >= 15 is 0 Å². The number of rotatable bonds is 4. The third-order valence-electron chi connectivity index (χ3n) is 3.69. The van der Waals surface area contributed by atoms with Crippen LogP contribution in [0, 0.1) is 0 Å². The lowest BCUT2D eigenvalue weighted by Gasteiger charge is -2.19. The van der Waals surface area contributed by atoms with E-state index in [0.717, 1.165) is 35.7 Å². The van der Waals surface area contributed by atoms with E-state index in [9.17, 15) is 0 Å². The maximum Gasteiger partial charge on any atom is 0.124 e. The monoisotopic (exact) mass is 283 g/mol. The molecule has 3 heteroatoms. The molecule has 0 saturated carbocycles. The van der Waals surface area contributed by atoms with E-state index in [2.05, 4.69) is 6.07 Å². The number of benzene rings is 2. The second-order valence-corrected chi connectivity index (χ2v) is 5.65. The summed E-state index contributed by atoms with van der Waals surface area (Å²) in [6.07, 6.45) is 1.09. The molecule has 1 atom stereocenters. The molecule has 3 nitrogen and oxygen atoms in total. The fraction of sp³-hybridized carbons (Fsp3) is 0.333. The third-order valence-corrected chi connectivity index (χ3v) is 3.69. The Bertz CT molecular complexity index is 637. The first kappa shape index (κ1) is 14.0. The van der Waals surface area contributed by atoms with Crippen molar-refractivity contribution in [1.29, 1.82) is 0 Å². The van der Waals surface area contributed by atoms with Gasteiger partial charge in [-0.2, -0.15) is 0 Å². The average molecular weight is 283 g/mol. The van der Waals surface area contributed by atoms with Gasteiger partial charge in [-0.05, 0) is 37.1 Å². The first-order chi connectivity index (χ1) is 10.1. The standard InChI is InChI=1S/C18H21NO2/c1-12(2)21-17-6-4-3-5-15(17)18(19)14-7-8-16-13(11-14)9-10-20-16/h3-8,11-12,18H,9-10,19H2,1-2H3. The molecule has 2 aromatic rings. The number of ether oxygens (including phenoxy) is 2. The average Bonchev–Trinajstić information content (AvgIpc) is 2.94. The minimum absolute atomic E-state index is 0.131. The van der Waals surface area contributed by atoms with E-state index in [0.29, 0.717) is 0 Å². The van der Waals surface area contributed by atoms with Gasteiger partial charge in [0, 0.05) is 12.0 Å². The molecule has 110 valence electrons. The van der Waals surface area contributed by atoms with Gasteiger partial charge in [-0.25, -0.2) is 0 Å². The van der Waals surface area contributed by atoms with Crippen LogP contribution in [-0.4, -0.2) is 12.7 Å². The van der Waals surface area contributed by atoms with Crippen LogP contribution in [-0.2, 0) is 6.42 Å². The summed E-state index contributed by atoms with van der Waals surface area (Å²) in [5.74, 6) is 1.84. The van der Waals surface area contributed by atoms with Crippen molar-refractivity contribution in [3.05, 3.63) is 59.2 Å². The molecular weight excluding hydrogens is 262 g/mol. The molecule has 2 aromatic carbocycles. The minimum Gasteiger partial charge on any atom is -0.493 e. The highest BCUT2D eigenvalue weighted by atomic mass is 16.5. The zero-order chi connectivity index (χ0) is 14.8. The lowest BCUT2D eigenvalue weighted by Crippen LogP contribution is -2.15. The fourth-order valence-corrected chi connectivity index (χ4v) is 2.68. The Labute approximate surface area is 125 Å². The number of hydrogen-bond donors (Lipinski definition) is 1. The predicted octanol–water partition coefficient (Wildman–Crippen LogP) is 3.46. The second kappa shape index (κ2) is 5.78. The van der Waals surface area contributed by atoms with Gasteiger partial charge in [-0.1, -0.05) is 30.3 Å². The van der Waals surface area contributed by atoms with Crippen molar-refractivity contribution in [2.24, 2.45) is 5.73 Å². The van der Waals surface area contributed by atoms with Crippen molar-refractivity contribution < 1.29 is 9.47 Å². The van der Waals surface area contributed by atoms with Gasteiger partial charge in [0.15, 0.2) is 0 Å². The maximum atomic E-state index is 6.47. The lowest BCUT2D eigenvalue weighted by molar-refractivity contribution is 0.239. The molecule has 0 spiro atoms. The number of fused-ring (bicyclic) bond motifs is 1. The summed E-state index contributed by atoms with van der Waals surface area (Å²) in [5, 5.41) is 0. The zero-order valence-electron chi connectivity index (χ0n) is 12.5. The molecule has 0 aromatic heterocycles. The first-order valence-electron chi connectivity index (χ1n) is 7.42. The minimum atomic E-state index is -0.189. The van der Waals surface area contributed by atoms with E-state index in [1.54, 1.807) is 0 Å². The van der Waals surface area contributed by atoms with Gasteiger partial charge >= 0.3 is 0 Å². The Balaban J connectivity index is 1.93. The molecule has 21 heavy (non-hydrogen) atoms. The van der Waals surface area contributed by atoms with Crippen molar-refractivity contribution in [1.82, 2.24) is 0 Å². The van der Waals surface area contributed by atoms with Gasteiger partial charge in [0.25, 0.3) is 0 Å². The quantitative estimate of drug-likeness (QED) is 0.934. The SMILES string of the molecule is CC(C)Oc1ccccc1C(N)c1ccc2c(c1)CCO2. The van der Waals surface area contributed by atoms with Crippen LogP contribution < -0.4 is 15.2 Å². The molecule has 0 amide bonds. The van der Waals surface area contributed by atoms with Crippen LogP contribution in [0.15, 0.2) is 42.5 Å². The lowest BCUT2D eigenvalue weighted by atomic mass is 9.96. The summed E-state index contributed by atoms with van der Waals surface area (Å²) in [4.78, 5) is 0. The second-order valence-electron chi connectivity index (χ2n) is 5.65. The fourth-order valence-electron chi connectivity index (χ4n) is 2.68. The largest absolute Gasteiger partial charge is 0.493 e. The zero-order valence-corrected chi connectivity index (χ0v) is 12.5. The third kappa shape index (κ3) is 2.88. The highest BCUT2D eigenvalue weighted by molar-refractivity contribution is 5.46. The summed E-state index contributed by atoms with van der Waals surface area (Å²) >= 11 is 0. The van der Waals surface area contributed by atoms with Gasteiger partial charge in [0.05, 0.1) is 18.8 Å². The molecule has 3 rings (SSSR count). The normalized spacial score (nSPS) is 14.7. The van der Waals surface area contributed by atoms with Gasteiger partial charge < -0.3 is 15.2 Å². The van der Waals surface area contributed by atoms with Crippen LogP contribution in [0.3, 0.4) is 0 Å². The first-order valence-corrected chi connectivity index (χ1v) is 7.42. The molecule has 0 radical (unpaired) electrons. The molecule has 1 aliphatic heterocycles. The van der Waals surface area contributed by atoms with E-state index < -0.39 is 0 Å². The maximum absolute atomic E-state index is 6.47. The highest BCUT2D eigenvalue weighted by Crippen LogP contribution is 2.33. The molecule has 0 bridgehead atoms. The number of para-hydroxylation sites is 1. The van der Waals surface area contributed by atoms with Crippen molar-refractivity contribution in [2.75, 3.05) is 6.61 Å². The van der Waals surface area contributed by atoms with E-state index in [1.807, 2.05) is 50.2 Å². The summed E-state index contributed by atoms with van der Waals surface area (Å²) in [5.41, 5.74) is 9.82. The van der Waals surface area contributed by atoms with Gasteiger partial charge in [0.1, 0.15) is 11.5 Å². The summed E-state index contributed by atoms with van der Waals surface area (Å²) < 4.78 is 11.4. The Hall–Kier alpha value is -2.00. The molecule has 0 saturated heterocycles. The Morgan fingerprint density at radius 2 is 1.95 bits per heavy atom. The smallest absolute Gasteiger partial charge is 0.124 e. The summed E-state index contributed by atoms with van der Waals surface area (Å²) in [6.45, 7) is 4.81. The summed E-state index contributed by atoms with van der Waals surface area (Å²) in [6, 6.07) is 14.0. The van der Waals surface area contributed by atoms with Crippen LogP contribution in [0.25, 0.3) is 0 Å². The molecule has 0 aliphatic carbocycles. The van der Waals surface area contributed by atoms with Crippen molar-refractivity contribution in [2.45, 2.75) is 32.4 Å². The molecular formula is C18H21NO2. The van der Waals surface area contributed by atoms with Crippen LogP contribution in [0.2, 0.25) is 0 Å². The van der Waals surface area contributed by atoms with Crippen molar-refractivity contribution >= 4 is 0 Å². The van der Waals surface area contributed by atoms with Crippen LogP contribution in [0.4, 0.5) is 0 Å². The topological polar surface area (TPSA) is 44.5 Å². The number of nitrogens with two attached hydrogens (primary N) is 1. The van der Waals surface area contributed by atoms with Gasteiger partial charge in [-0.3, -0.25) is 0 Å². The van der Waals surface area contributed by atoms with Crippen LogP contribution in [0.5, 0.6) is 11.5 Å². The summed E-state index contributed by atoms with van der Waals surface area (Å²) in [7, 11) is 0. The van der Waals surface area contributed by atoms with Gasteiger partial charge in [0.2, 0.25) is 0 Å². The predicted molar refractivity (Wildman–Crippen MR) is 83.9 cm³/mol. The molecule has 1 aliphatic rings. The Morgan fingerprint density at radius 3 is 2.76 bits per heavy atom. The van der Waals surface area contributed by atoms with Crippen LogP contribution in [0.1, 0.15) is 36.6 Å².